The van der Waals surface area contributed by atoms with Gasteiger partial charge in [0.25, 0.3) is 5.91 Å². The Morgan fingerprint density at radius 3 is 2.84 bits per heavy atom. The molecule has 1 amide bonds. The van der Waals surface area contributed by atoms with Gasteiger partial charge in [0.1, 0.15) is 11.6 Å². The van der Waals surface area contributed by atoms with Gasteiger partial charge in [-0.2, -0.15) is 5.26 Å². The Bertz CT molecular complexity index is 533. The summed E-state index contributed by atoms with van der Waals surface area (Å²) < 4.78 is 26.4. The fraction of sp³-hybridized carbons (Fsp3) is 0.286. The lowest BCUT2D eigenvalue weighted by Crippen LogP contribution is -2.25. The number of rotatable bonds is 5. The third-order valence-electron chi connectivity index (χ3n) is 2.46. The van der Waals surface area contributed by atoms with Gasteiger partial charge in [-0.25, -0.2) is 8.78 Å². The number of unbranched alkanes of at least 4 members (excludes halogenated alkanes) is 1. The number of carbonyl (C=O) groups is 1. The number of hydrogen-bond donors (Lipinski definition) is 1. The second kappa shape index (κ2) is 7.27. The predicted octanol–water partition coefficient (Wildman–Crippen LogP) is 2.79. The van der Waals surface area contributed by atoms with Crippen LogP contribution in [0.25, 0.3) is 6.08 Å². The molecule has 100 valence electrons. The molecule has 0 aliphatic carbocycles. The number of benzene rings is 1. The maximum atomic E-state index is 13.4. The van der Waals surface area contributed by atoms with E-state index in [2.05, 4.69) is 5.32 Å². The molecule has 0 heterocycles. The fourth-order valence-electron chi connectivity index (χ4n) is 1.41. The molecule has 0 radical (unpaired) electrons. The minimum absolute atomic E-state index is 0.123. The highest BCUT2D eigenvalue weighted by Crippen LogP contribution is 2.14. The van der Waals surface area contributed by atoms with Crippen molar-refractivity contribution in [3.63, 3.8) is 0 Å². The maximum Gasteiger partial charge on any atom is 0.261 e. The summed E-state index contributed by atoms with van der Waals surface area (Å²) in [6.07, 6.45) is 2.74. The van der Waals surface area contributed by atoms with E-state index in [0.29, 0.717) is 6.54 Å². The van der Waals surface area contributed by atoms with Gasteiger partial charge in [0.05, 0.1) is 0 Å². The largest absolute Gasteiger partial charge is 0.351 e. The lowest BCUT2D eigenvalue weighted by Gasteiger charge is -2.03. The van der Waals surface area contributed by atoms with Crippen LogP contribution in [0.3, 0.4) is 0 Å². The lowest BCUT2D eigenvalue weighted by molar-refractivity contribution is -0.117. The summed E-state index contributed by atoms with van der Waals surface area (Å²) in [5.41, 5.74) is -0.372. The number of nitriles is 1. The summed E-state index contributed by atoms with van der Waals surface area (Å²) in [5.74, 6) is -2.67. The minimum atomic E-state index is -1.07. The molecule has 5 heteroatoms. The van der Waals surface area contributed by atoms with Gasteiger partial charge in [0.15, 0.2) is 11.6 Å². The van der Waals surface area contributed by atoms with Crippen LogP contribution in [0.2, 0.25) is 0 Å². The van der Waals surface area contributed by atoms with Crippen LogP contribution in [0.15, 0.2) is 23.8 Å². The first-order valence-corrected chi connectivity index (χ1v) is 5.94. The van der Waals surface area contributed by atoms with Crippen LogP contribution >= 0.6 is 0 Å². The number of amides is 1. The average Bonchev–Trinajstić information content (AvgIpc) is 2.40. The van der Waals surface area contributed by atoms with Gasteiger partial charge in [0.2, 0.25) is 0 Å². The van der Waals surface area contributed by atoms with Crippen LogP contribution < -0.4 is 5.32 Å². The summed E-state index contributed by atoms with van der Waals surface area (Å²) in [6.45, 7) is 2.41. The van der Waals surface area contributed by atoms with Gasteiger partial charge in [-0.05, 0) is 18.6 Å². The number of nitrogens with one attached hydrogen (secondary N) is 1. The van der Waals surface area contributed by atoms with Gasteiger partial charge in [-0.1, -0.05) is 25.5 Å². The molecule has 1 N–H and O–H groups in total. The molecule has 1 aromatic carbocycles. The number of nitrogens with zero attached hydrogens (tertiary/aromatic N) is 1. The van der Waals surface area contributed by atoms with E-state index in [4.69, 9.17) is 5.26 Å². The molecular weight excluding hydrogens is 250 g/mol. The Morgan fingerprint density at radius 1 is 1.47 bits per heavy atom. The molecular formula is C14H14F2N2O. The minimum Gasteiger partial charge on any atom is -0.351 e. The molecule has 1 aromatic rings. The zero-order valence-electron chi connectivity index (χ0n) is 10.5. The summed E-state index contributed by atoms with van der Waals surface area (Å²) >= 11 is 0. The van der Waals surface area contributed by atoms with E-state index >= 15 is 0 Å². The van der Waals surface area contributed by atoms with Crippen molar-refractivity contribution in [1.82, 2.24) is 5.32 Å². The van der Waals surface area contributed by atoms with Gasteiger partial charge >= 0.3 is 0 Å². The first-order valence-electron chi connectivity index (χ1n) is 5.94. The van der Waals surface area contributed by atoms with E-state index < -0.39 is 17.5 Å². The molecule has 3 nitrogen and oxygen atoms in total. The predicted molar refractivity (Wildman–Crippen MR) is 67.9 cm³/mol. The Labute approximate surface area is 110 Å². The lowest BCUT2D eigenvalue weighted by atomic mass is 10.1. The number of hydrogen-bond acceptors (Lipinski definition) is 2. The quantitative estimate of drug-likeness (QED) is 0.505. The van der Waals surface area contributed by atoms with Gasteiger partial charge in [-0.3, -0.25) is 4.79 Å². The van der Waals surface area contributed by atoms with Crippen molar-refractivity contribution in [3.8, 4) is 6.07 Å². The second-order valence-corrected chi connectivity index (χ2v) is 3.92. The van der Waals surface area contributed by atoms with E-state index in [1.165, 1.54) is 12.1 Å². The van der Waals surface area contributed by atoms with Crippen LogP contribution in [0.5, 0.6) is 0 Å². The fourth-order valence-corrected chi connectivity index (χ4v) is 1.41. The molecule has 1 rings (SSSR count). The van der Waals surface area contributed by atoms with Crippen molar-refractivity contribution in [2.24, 2.45) is 0 Å². The normalized spacial score (nSPS) is 10.9. The van der Waals surface area contributed by atoms with Crippen molar-refractivity contribution in [2.45, 2.75) is 19.8 Å². The Balaban J connectivity index is 2.90. The highest BCUT2D eigenvalue weighted by Gasteiger charge is 2.11. The third kappa shape index (κ3) is 4.18. The maximum absolute atomic E-state index is 13.4. The molecule has 0 aromatic heterocycles. The molecule has 0 unspecified atom stereocenters. The van der Waals surface area contributed by atoms with Crippen molar-refractivity contribution >= 4 is 12.0 Å². The van der Waals surface area contributed by atoms with Gasteiger partial charge in [0, 0.05) is 12.1 Å². The van der Waals surface area contributed by atoms with E-state index in [1.54, 1.807) is 6.07 Å². The summed E-state index contributed by atoms with van der Waals surface area (Å²) in [4.78, 5) is 11.6. The van der Waals surface area contributed by atoms with E-state index in [-0.39, 0.29) is 11.1 Å². The zero-order valence-corrected chi connectivity index (χ0v) is 10.5. The van der Waals surface area contributed by atoms with Crippen LogP contribution in [0, 0.1) is 23.0 Å². The van der Waals surface area contributed by atoms with Gasteiger partial charge in [-0.15, -0.1) is 0 Å². The van der Waals surface area contributed by atoms with Crippen molar-refractivity contribution in [3.05, 3.63) is 41.0 Å². The van der Waals surface area contributed by atoms with E-state index in [1.807, 2.05) is 6.92 Å². The van der Waals surface area contributed by atoms with Crippen molar-refractivity contribution in [1.29, 1.82) is 5.26 Å². The number of halogens is 2. The van der Waals surface area contributed by atoms with Crippen LogP contribution in [-0.2, 0) is 4.79 Å². The van der Waals surface area contributed by atoms with Crippen LogP contribution in [0.4, 0.5) is 8.78 Å². The van der Waals surface area contributed by atoms with Crippen LogP contribution in [-0.4, -0.2) is 12.5 Å². The van der Waals surface area contributed by atoms with Crippen molar-refractivity contribution in [2.75, 3.05) is 6.54 Å². The molecule has 0 fully saturated rings. The first kappa shape index (κ1) is 14.8. The highest BCUT2D eigenvalue weighted by molar-refractivity contribution is 6.01. The smallest absolute Gasteiger partial charge is 0.261 e. The monoisotopic (exact) mass is 264 g/mol. The summed E-state index contributed by atoms with van der Waals surface area (Å²) in [5, 5.41) is 11.4. The number of carbonyl (C=O) groups excluding carboxylic acids is 1. The first-order chi connectivity index (χ1) is 9.10. The third-order valence-corrected chi connectivity index (χ3v) is 2.46. The topological polar surface area (TPSA) is 52.9 Å². The molecule has 0 aliphatic heterocycles. The molecule has 0 saturated carbocycles. The molecule has 0 aliphatic rings. The van der Waals surface area contributed by atoms with E-state index in [9.17, 15) is 13.6 Å². The molecule has 0 spiro atoms. The second-order valence-electron chi connectivity index (χ2n) is 3.92. The zero-order chi connectivity index (χ0) is 14.3. The van der Waals surface area contributed by atoms with Crippen LogP contribution in [0.1, 0.15) is 25.3 Å². The highest BCUT2D eigenvalue weighted by atomic mass is 19.2. The average molecular weight is 264 g/mol. The Morgan fingerprint density at radius 2 is 2.21 bits per heavy atom. The van der Waals surface area contributed by atoms with Crippen molar-refractivity contribution < 1.29 is 13.6 Å². The van der Waals surface area contributed by atoms with E-state index in [0.717, 1.165) is 25.0 Å². The Hall–Kier alpha value is -2.22. The molecule has 0 atom stereocenters. The molecule has 19 heavy (non-hydrogen) atoms. The Kier molecular flexibility index (Phi) is 5.68. The summed E-state index contributed by atoms with van der Waals surface area (Å²) in [6, 6.07) is 5.27. The van der Waals surface area contributed by atoms with Gasteiger partial charge < -0.3 is 5.32 Å². The summed E-state index contributed by atoms with van der Waals surface area (Å²) in [7, 11) is 0. The molecule has 0 saturated heterocycles. The SMILES string of the molecule is CCCCNC(=O)C(C#N)=Cc1cccc(F)c1F. The standard InChI is InChI=1S/C14H14F2N2O/c1-2-3-7-18-14(19)11(9-17)8-10-5-4-6-12(15)13(10)16/h4-6,8H,2-3,7H2,1H3,(H,18,19). The molecule has 0 bridgehead atoms.